The molecule has 3 heteroatoms. The molecule has 0 aromatic carbocycles. The van der Waals surface area contributed by atoms with Gasteiger partial charge in [0, 0.05) is 14.0 Å². The monoisotopic (exact) mass is 195 g/mol. The Morgan fingerprint density at radius 2 is 2.21 bits per heavy atom. The van der Waals surface area contributed by atoms with Crippen molar-refractivity contribution in [2.75, 3.05) is 7.05 Å². The molecule has 78 valence electrons. The lowest BCUT2D eigenvalue weighted by molar-refractivity contribution is -0.116. The smallest absolute Gasteiger partial charge is 0.175 e. The molecule has 0 fully saturated rings. The number of nitrogens with zero attached hydrogens (tertiary/aromatic N) is 1. The fourth-order valence-corrected chi connectivity index (χ4v) is 1.62. The number of Topliss-reactive ketones (excluding diaryl/α,β-unsaturated/α-hetero) is 1. The molecule has 1 N–H and O–H groups in total. The normalized spacial score (nSPS) is 32.9. The number of aliphatic hydroxyl groups is 1. The summed E-state index contributed by atoms with van der Waals surface area (Å²) in [5.41, 5.74) is 0.232. The molecule has 1 heterocycles. The molecule has 2 atom stereocenters. The second-order valence-electron chi connectivity index (χ2n) is 4.05. The van der Waals surface area contributed by atoms with Crippen LogP contribution in [0.15, 0.2) is 23.9 Å². The highest BCUT2D eigenvalue weighted by Gasteiger charge is 2.38. The number of carbonyl (C=O) groups is 1. The van der Waals surface area contributed by atoms with Crippen molar-refractivity contribution in [2.45, 2.75) is 32.4 Å². The van der Waals surface area contributed by atoms with Gasteiger partial charge in [0.15, 0.2) is 5.78 Å². The number of allylic oxidation sites excluding steroid dienone is 1. The highest BCUT2D eigenvalue weighted by Crippen LogP contribution is 2.31. The highest BCUT2D eigenvalue weighted by atomic mass is 16.3. The number of ketones is 1. The second kappa shape index (κ2) is 3.24. The molecule has 1 aliphatic rings. The van der Waals surface area contributed by atoms with Crippen LogP contribution >= 0.6 is 0 Å². The van der Waals surface area contributed by atoms with Crippen molar-refractivity contribution in [3.05, 3.63) is 23.9 Å². The Hall–Kier alpha value is -1.09. The van der Waals surface area contributed by atoms with Gasteiger partial charge in [0.2, 0.25) is 0 Å². The standard InChI is InChI=1S/C11H17NO2/c1-7-6-10(8(2)13)12(5)9(3)11(7,4)14/h6,9,14H,1H2,2-5H3. The fourth-order valence-electron chi connectivity index (χ4n) is 1.62. The summed E-state index contributed by atoms with van der Waals surface area (Å²) in [6, 6.07) is -0.140. The van der Waals surface area contributed by atoms with Gasteiger partial charge in [-0.1, -0.05) is 6.58 Å². The van der Waals surface area contributed by atoms with Gasteiger partial charge < -0.3 is 10.0 Å². The van der Waals surface area contributed by atoms with E-state index in [-0.39, 0.29) is 11.8 Å². The number of rotatable bonds is 1. The van der Waals surface area contributed by atoms with E-state index in [2.05, 4.69) is 6.58 Å². The molecule has 14 heavy (non-hydrogen) atoms. The van der Waals surface area contributed by atoms with Gasteiger partial charge in [0.25, 0.3) is 0 Å². The first-order chi connectivity index (χ1) is 6.28. The molecule has 0 bridgehead atoms. The molecule has 1 rings (SSSR count). The summed E-state index contributed by atoms with van der Waals surface area (Å²) in [7, 11) is 1.80. The molecule has 0 saturated carbocycles. The van der Waals surface area contributed by atoms with E-state index in [0.717, 1.165) is 0 Å². The predicted octanol–water partition coefficient (Wildman–Crippen LogP) is 1.10. The van der Waals surface area contributed by atoms with Gasteiger partial charge in [0.1, 0.15) is 5.60 Å². The van der Waals surface area contributed by atoms with Crippen LogP contribution in [0.3, 0.4) is 0 Å². The molecule has 0 amide bonds. The average Bonchev–Trinajstić information content (AvgIpc) is 2.08. The summed E-state index contributed by atoms with van der Waals surface area (Å²) in [6.07, 6.45) is 1.66. The number of likely N-dealkylation sites (N-methyl/N-ethyl adjacent to an activating group) is 1. The Morgan fingerprint density at radius 1 is 1.71 bits per heavy atom. The Morgan fingerprint density at radius 3 is 2.64 bits per heavy atom. The summed E-state index contributed by atoms with van der Waals surface area (Å²) in [4.78, 5) is 13.1. The molecule has 1 aliphatic heterocycles. The first-order valence-corrected chi connectivity index (χ1v) is 4.65. The Bertz CT molecular complexity index is 315. The Kier molecular flexibility index (Phi) is 2.54. The molecule has 0 spiro atoms. The summed E-state index contributed by atoms with van der Waals surface area (Å²) in [5, 5.41) is 10.1. The SMILES string of the molecule is C=C1C=C(C(C)=O)N(C)C(C)C1(C)O. The van der Waals surface area contributed by atoms with Crippen LogP contribution in [0, 0.1) is 0 Å². The van der Waals surface area contributed by atoms with E-state index in [1.165, 1.54) is 6.92 Å². The van der Waals surface area contributed by atoms with E-state index in [4.69, 9.17) is 0 Å². The van der Waals surface area contributed by atoms with Gasteiger partial charge in [-0.05, 0) is 25.5 Å². The van der Waals surface area contributed by atoms with E-state index >= 15 is 0 Å². The molecule has 3 nitrogen and oxygen atoms in total. The van der Waals surface area contributed by atoms with Crippen molar-refractivity contribution >= 4 is 5.78 Å². The maximum Gasteiger partial charge on any atom is 0.175 e. The van der Waals surface area contributed by atoms with Crippen LogP contribution < -0.4 is 0 Å². The van der Waals surface area contributed by atoms with E-state index in [1.54, 1.807) is 24.9 Å². The minimum atomic E-state index is -0.965. The Labute approximate surface area is 84.7 Å². The molecule has 0 saturated heterocycles. The molecular formula is C11H17NO2. The van der Waals surface area contributed by atoms with Crippen LogP contribution in [0.4, 0.5) is 0 Å². The molecule has 0 aliphatic carbocycles. The van der Waals surface area contributed by atoms with E-state index in [1.807, 2.05) is 6.92 Å². The number of hydrogen-bond acceptors (Lipinski definition) is 3. The van der Waals surface area contributed by atoms with Crippen molar-refractivity contribution in [3.8, 4) is 0 Å². The molecule has 0 aromatic heterocycles. The van der Waals surface area contributed by atoms with Gasteiger partial charge in [-0.15, -0.1) is 0 Å². The van der Waals surface area contributed by atoms with E-state index < -0.39 is 5.60 Å². The first kappa shape index (κ1) is 11.0. The maximum atomic E-state index is 11.3. The lowest BCUT2D eigenvalue weighted by Gasteiger charge is -2.43. The largest absolute Gasteiger partial charge is 0.383 e. The average molecular weight is 195 g/mol. The molecule has 0 aromatic rings. The predicted molar refractivity (Wildman–Crippen MR) is 55.8 cm³/mol. The van der Waals surface area contributed by atoms with Gasteiger partial charge in [-0.25, -0.2) is 0 Å². The van der Waals surface area contributed by atoms with Crippen LogP contribution in [0.25, 0.3) is 0 Å². The van der Waals surface area contributed by atoms with Crippen molar-refractivity contribution < 1.29 is 9.90 Å². The molecule has 0 radical (unpaired) electrons. The van der Waals surface area contributed by atoms with Crippen molar-refractivity contribution in [2.24, 2.45) is 0 Å². The second-order valence-corrected chi connectivity index (χ2v) is 4.05. The minimum absolute atomic E-state index is 0.00370. The van der Waals surface area contributed by atoms with Crippen molar-refractivity contribution in [1.82, 2.24) is 4.90 Å². The van der Waals surface area contributed by atoms with Gasteiger partial charge in [-0.2, -0.15) is 0 Å². The van der Waals surface area contributed by atoms with Crippen LogP contribution in [-0.4, -0.2) is 34.5 Å². The number of carbonyl (C=O) groups excluding carboxylic acids is 1. The van der Waals surface area contributed by atoms with Crippen molar-refractivity contribution in [1.29, 1.82) is 0 Å². The lowest BCUT2D eigenvalue weighted by Crippen LogP contribution is -2.51. The first-order valence-electron chi connectivity index (χ1n) is 4.65. The van der Waals surface area contributed by atoms with Crippen LogP contribution in [0.2, 0.25) is 0 Å². The zero-order chi connectivity index (χ0) is 11.1. The van der Waals surface area contributed by atoms with Crippen LogP contribution in [0.5, 0.6) is 0 Å². The topological polar surface area (TPSA) is 40.5 Å². The summed E-state index contributed by atoms with van der Waals surface area (Å²) in [6.45, 7) is 8.88. The van der Waals surface area contributed by atoms with Gasteiger partial charge in [0.05, 0.1) is 11.7 Å². The summed E-state index contributed by atoms with van der Waals surface area (Å²) in [5.74, 6) is -0.00370. The third-order valence-electron chi connectivity index (χ3n) is 3.10. The summed E-state index contributed by atoms with van der Waals surface area (Å²) < 4.78 is 0. The highest BCUT2D eigenvalue weighted by molar-refractivity contribution is 5.93. The zero-order valence-corrected chi connectivity index (χ0v) is 9.16. The quantitative estimate of drug-likeness (QED) is 0.681. The molecule has 2 unspecified atom stereocenters. The minimum Gasteiger partial charge on any atom is -0.383 e. The van der Waals surface area contributed by atoms with Gasteiger partial charge >= 0.3 is 0 Å². The van der Waals surface area contributed by atoms with E-state index in [9.17, 15) is 9.90 Å². The molecular weight excluding hydrogens is 178 g/mol. The van der Waals surface area contributed by atoms with Crippen molar-refractivity contribution in [3.63, 3.8) is 0 Å². The lowest BCUT2D eigenvalue weighted by atomic mass is 9.84. The third-order valence-corrected chi connectivity index (χ3v) is 3.10. The van der Waals surface area contributed by atoms with Crippen LogP contribution in [-0.2, 0) is 4.79 Å². The van der Waals surface area contributed by atoms with E-state index in [0.29, 0.717) is 11.3 Å². The Balaban J connectivity index is 3.17. The summed E-state index contributed by atoms with van der Waals surface area (Å²) >= 11 is 0. The number of hydrogen-bond donors (Lipinski definition) is 1. The zero-order valence-electron chi connectivity index (χ0n) is 9.16. The van der Waals surface area contributed by atoms with Crippen LogP contribution in [0.1, 0.15) is 20.8 Å². The van der Waals surface area contributed by atoms with Gasteiger partial charge in [-0.3, -0.25) is 4.79 Å². The maximum absolute atomic E-state index is 11.3. The fraction of sp³-hybridized carbons (Fsp3) is 0.545. The third kappa shape index (κ3) is 1.48.